The van der Waals surface area contributed by atoms with Crippen LogP contribution in [0, 0.1) is 0 Å². The van der Waals surface area contributed by atoms with Crippen molar-refractivity contribution in [2.24, 2.45) is 0 Å². The Morgan fingerprint density at radius 2 is 2.33 bits per heavy atom. The third kappa shape index (κ3) is 3.18. The number of rotatable bonds is 6. The van der Waals surface area contributed by atoms with E-state index in [-0.39, 0.29) is 6.04 Å². The molecule has 1 fully saturated rings. The van der Waals surface area contributed by atoms with Crippen molar-refractivity contribution in [3.8, 4) is 0 Å². The normalized spacial score (nSPS) is 24.3. The molecule has 0 radical (unpaired) electrons. The molecule has 1 aliphatic heterocycles. The van der Waals surface area contributed by atoms with Gasteiger partial charge in [0.05, 0.1) is 6.61 Å². The molecule has 1 aliphatic rings. The lowest BCUT2D eigenvalue weighted by molar-refractivity contribution is -0.144. The fourth-order valence-electron chi connectivity index (χ4n) is 2.25. The van der Waals surface area contributed by atoms with E-state index in [1.807, 2.05) is 13.8 Å². The summed E-state index contributed by atoms with van der Waals surface area (Å²) in [7, 11) is 0. The predicted molar refractivity (Wildman–Crippen MR) is 57.9 cm³/mol. The van der Waals surface area contributed by atoms with Gasteiger partial charge in [-0.2, -0.15) is 0 Å². The van der Waals surface area contributed by atoms with Crippen LogP contribution in [0.15, 0.2) is 0 Å². The summed E-state index contributed by atoms with van der Waals surface area (Å²) in [5, 5.41) is 9.09. The van der Waals surface area contributed by atoms with E-state index in [1.54, 1.807) is 0 Å². The Balaban J connectivity index is 2.53. The summed E-state index contributed by atoms with van der Waals surface area (Å²) in [5.41, 5.74) is 0. The van der Waals surface area contributed by atoms with Crippen molar-refractivity contribution in [1.82, 2.24) is 4.90 Å². The average Bonchev–Trinajstić information content (AvgIpc) is 2.64. The Kier molecular flexibility index (Phi) is 5.05. The van der Waals surface area contributed by atoms with Gasteiger partial charge in [0.25, 0.3) is 0 Å². The van der Waals surface area contributed by atoms with Crippen LogP contribution >= 0.6 is 0 Å². The van der Waals surface area contributed by atoms with Gasteiger partial charge in [-0.15, -0.1) is 0 Å². The third-order valence-electron chi connectivity index (χ3n) is 3.01. The second-order valence-corrected chi connectivity index (χ2v) is 3.96. The first-order valence-corrected chi connectivity index (χ1v) is 5.77. The molecule has 0 spiro atoms. The van der Waals surface area contributed by atoms with E-state index in [0.29, 0.717) is 25.7 Å². The lowest BCUT2D eigenvalue weighted by atomic mass is 10.1. The van der Waals surface area contributed by atoms with Crippen LogP contribution in [-0.2, 0) is 9.53 Å². The molecule has 4 heteroatoms. The largest absolute Gasteiger partial charge is 0.480 e. The second-order valence-electron chi connectivity index (χ2n) is 3.96. The van der Waals surface area contributed by atoms with Crippen LogP contribution in [0.5, 0.6) is 0 Å². The molecule has 2 unspecified atom stereocenters. The zero-order chi connectivity index (χ0) is 11.3. The first-order valence-electron chi connectivity index (χ1n) is 5.77. The lowest BCUT2D eigenvalue weighted by Crippen LogP contribution is -2.45. The van der Waals surface area contributed by atoms with E-state index in [1.165, 1.54) is 0 Å². The maximum atomic E-state index is 11.1. The van der Waals surface area contributed by atoms with Crippen molar-refractivity contribution < 1.29 is 14.6 Å². The molecule has 4 nitrogen and oxygen atoms in total. The van der Waals surface area contributed by atoms with Gasteiger partial charge in [0, 0.05) is 12.6 Å². The van der Waals surface area contributed by atoms with Gasteiger partial charge in [-0.1, -0.05) is 6.92 Å². The standard InChI is InChI=1S/C11H21NO3/c1-3-10(11(13)14)12-7-5-6-9(12)8-15-4-2/h9-10H,3-8H2,1-2H3,(H,13,14). The highest BCUT2D eigenvalue weighted by atomic mass is 16.5. The first kappa shape index (κ1) is 12.5. The summed E-state index contributed by atoms with van der Waals surface area (Å²) >= 11 is 0. The topological polar surface area (TPSA) is 49.8 Å². The number of aliphatic carboxylic acids is 1. The highest BCUT2D eigenvalue weighted by Crippen LogP contribution is 2.22. The van der Waals surface area contributed by atoms with Crippen molar-refractivity contribution in [2.45, 2.75) is 45.2 Å². The minimum Gasteiger partial charge on any atom is -0.480 e. The molecule has 2 atom stereocenters. The molecule has 0 aromatic carbocycles. The van der Waals surface area contributed by atoms with Crippen LogP contribution in [0.2, 0.25) is 0 Å². The SMILES string of the molecule is CCOCC1CCCN1C(CC)C(=O)O. The van der Waals surface area contributed by atoms with Gasteiger partial charge in [-0.3, -0.25) is 9.69 Å². The molecule has 0 aromatic rings. The van der Waals surface area contributed by atoms with E-state index in [4.69, 9.17) is 9.84 Å². The summed E-state index contributed by atoms with van der Waals surface area (Å²) in [6, 6.07) is -0.0380. The highest BCUT2D eigenvalue weighted by Gasteiger charge is 2.33. The van der Waals surface area contributed by atoms with Crippen LogP contribution in [-0.4, -0.2) is 47.8 Å². The summed E-state index contributed by atoms with van der Waals surface area (Å²) in [6.07, 6.45) is 2.81. The Bertz CT molecular complexity index is 208. The molecule has 88 valence electrons. The van der Waals surface area contributed by atoms with Gasteiger partial charge < -0.3 is 9.84 Å². The minimum atomic E-state index is -0.708. The van der Waals surface area contributed by atoms with Crippen LogP contribution in [0.1, 0.15) is 33.1 Å². The third-order valence-corrected chi connectivity index (χ3v) is 3.01. The maximum absolute atomic E-state index is 11.1. The minimum absolute atomic E-state index is 0.297. The molecule has 0 aliphatic carbocycles. The van der Waals surface area contributed by atoms with E-state index < -0.39 is 5.97 Å². The molecule has 1 N–H and O–H groups in total. The molecule has 1 rings (SSSR count). The molecule has 0 aromatic heterocycles. The number of carboxylic acid groups (broad SMARTS) is 1. The van der Waals surface area contributed by atoms with E-state index >= 15 is 0 Å². The van der Waals surface area contributed by atoms with Crippen LogP contribution in [0.3, 0.4) is 0 Å². The lowest BCUT2D eigenvalue weighted by Gasteiger charge is -2.29. The zero-order valence-electron chi connectivity index (χ0n) is 9.61. The fraction of sp³-hybridized carbons (Fsp3) is 0.909. The second kappa shape index (κ2) is 6.08. The molecular weight excluding hydrogens is 194 g/mol. The molecule has 0 amide bonds. The molecule has 1 saturated heterocycles. The smallest absolute Gasteiger partial charge is 0.320 e. The molecule has 15 heavy (non-hydrogen) atoms. The number of carboxylic acids is 1. The van der Waals surface area contributed by atoms with Crippen molar-refractivity contribution in [3.63, 3.8) is 0 Å². The van der Waals surface area contributed by atoms with Crippen molar-refractivity contribution in [1.29, 1.82) is 0 Å². The quantitative estimate of drug-likeness (QED) is 0.726. The monoisotopic (exact) mass is 215 g/mol. The molecule has 0 bridgehead atoms. The summed E-state index contributed by atoms with van der Waals surface area (Å²) < 4.78 is 5.39. The number of ether oxygens (including phenoxy) is 1. The van der Waals surface area contributed by atoms with Gasteiger partial charge in [0.1, 0.15) is 6.04 Å². The van der Waals surface area contributed by atoms with E-state index in [2.05, 4.69) is 4.90 Å². The van der Waals surface area contributed by atoms with E-state index in [0.717, 1.165) is 19.4 Å². The predicted octanol–water partition coefficient (Wildman–Crippen LogP) is 1.35. The number of hydrogen-bond donors (Lipinski definition) is 1. The molecular formula is C11H21NO3. The van der Waals surface area contributed by atoms with Crippen LogP contribution in [0.4, 0.5) is 0 Å². The Morgan fingerprint density at radius 1 is 1.60 bits per heavy atom. The Labute approximate surface area is 91.2 Å². The summed E-state index contributed by atoms with van der Waals surface area (Å²) in [4.78, 5) is 13.1. The van der Waals surface area contributed by atoms with E-state index in [9.17, 15) is 4.79 Å². The number of carbonyl (C=O) groups is 1. The number of likely N-dealkylation sites (tertiary alicyclic amines) is 1. The first-order chi connectivity index (χ1) is 7.20. The molecule has 1 heterocycles. The summed E-state index contributed by atoms with van der Waals surface area (Å²) in [5.74, 6) is -0.708. The van der Waals surface area contributed by atoms with Gasteiger partial charge in [0.2, 0.25) is 0 Å². The Hall–Kier alpha value is -0.610. The maximum Gasteiger partial charge on any atom is 0.320 e. The van der Waals surface area contributed by atoms with Crippen molar-refractivity contribution in [3.05, 3.63) is 0 Å². The number of nitrogens with zero attached hydrogens (tertiary/aromatic N) is 1. The zero-order valence-corrected chi connectivity index (χ0v) is 9.61. The van der Waals surface area contributed by atoms with Crippen molar-refractivity contribution in [2.75, 3.05) is 19.8 Å². The van der Waals surface area contributed by atoms with Gasteiger partial charge in [0.15, 0.2) is 0 Å². The van der Waals surface area contributed by atoms with Crippen molar-refractivity contribution >= 4 is 5.97 Å². The van der Waals surface area contributed by atoms with Gasteiger partial charge >= 0.3 is 5.97 Å². The number of hydrogen-bond acceptors (Lipinski definition) is 3. The molecule has 0 saturated carbocycles. The summed E-state index contributed by atoms with van der Waals surface area (Å²) in [6.45, 7) is 6.15. The Morgan fingerprint density at radius 3 is 2.87 bits per heavy atom. The average molecular weight is 215 g/mol. The van der Waals surface area contributed by atoms with Crippen LogP contribution in [0.25, 0.3) is 0 Å². The fourth-order valence-corrected chi connectivity index (χ4v) is 2.25. The van der Waals surface area contributed by atoms with Crippen LogP contribution < -0.4 is 0 Å². The van der Waals surface area contributed by atoms with Gasteiger partial charge in [-0.05, 0) is 32.7 Å². The van der Waals surface area contributed by atoms with Gasteiger partial charge in [-0.25, -0.2) is 0 Å². The highest BCUT2D eigenvalue weighted by molar-refractivity contribution is 5.73.